The first-order valence-corrected chi connectivity index (χ1v) is 17.8. The van der Waals surface area contributed by atoms with Crippen LogP contribution in [0.3, 0.4) is 0 Å². The van der Waals surface area contributed by atoms with Crippen LogP contribution in [0.4, 0.5) is 0 Å². The third kappa shape index (κ3) is 4.36. The Bertz CT molecular complexity index is 3100. The molecule has 0 atom stereocenters. The standard InChI is InChI=1S/C49H31N3/c1-4-13-32(14-5-1)35-23-25-45-40(28-35)42-30-38(33-15-6-2-7-16-33)31-43-41-29-36(24-26-46(41)52(45)48(42)43)34-17-12-18-37(27-34)49-50-44-21-10-11-22-47(44)51(49)39-19-8-3-9-20-39/h1-31H. The Kier molecular flexibility index (Phi) is 6.25. The molecule has 3 heteroatoms. The second kappa shape index (κ2) is 11.3. The molecule has 0 aliphatic carbocycles. The summed E-state index contributed by atoms with van der Waals surface area (Å²) in [7, 11) is 0. The second-order valence-corrected chi connectivity index (χ2v) is 13.6. The lowest BCUT2D eigenvalue weighted by atomic mass is 9.96. The minimum atomic E-state index is 0.935. The van der Waals surface area contributed by atoms with Gasteiger partial charge in [-0.25, -0.2) is 4.98 Å². The number of benzene rings is 8. The highest BCUT2D eigenvalue weighted by atomic mass is 15.1. The zero-order valence-corrected chi connectivity index (χ0v) is 28.2. The molecule has 0 fully saturated rings. The molecular formula is C49H31N3. The Morgan fingerprint density at radius 3 is 1.50 bits per heavy atom. The Morgan fingerprint density at radius 2 is 0.827 bits per heavy atom. The third-order valence-corrected chi connectivity index (χ3v) is 10.6. The molecule has 0 spiro atoms. The molecular weight excluding hydrogens is 631 g/mol. The summed E-state index contributed by atoms with van der Waals surface area (Å²) in [5.41, 5.74) is 15.2. The van der Waals surface area contributed by atoms with Crippen molar-refractivity contribution in [2.24, 2.45) is 0 Å². The minimum absolute atomic E-state index is 0.935. The van der Waals surface area contributed by atoms with Gasteiger partial charge in [0.2, 0.25) is 0 Å². The first-order valence-electron chi connectivity index (χ1n) is 17.8. The molecule has 242 valence electrons. The Balaban J connectivity index is 1.12. The molecule has 0 radical (unpaired) electrons. The summed E-state index contributed by atoms with van der Waals surface area (Å²) in [6, 6.07) is 67.8. The Hall–Kier alpha value is -6.97. The summed E-state index contributed by atoms with van der Waals surface area (Å²) in [5, 5.41) is 5.08. The largest absolute Gasteiger partial charge is 0.308 e. The van der Waals surface area contributed by atoms with Gasteiger partial charge >= 0.3 is 0 Å². The van der Waals surface area contributed by atoms with E-state index < -0.39 is 0 Å². The molecule has 0 aliphatic heterocycles. The molecule has 52 heavy (non-hydrogen) atoms. The van der Waals surface area contributed by atoms with Crippen molar-refractivity contribution in [1.82, 2.24) is 14.0 Å². The van der Waals surface area contributed by atoms with Gasteiger partial charge in [-0.1, -0.05) is 121 Å². The van der Waals surface area contributed by atoms with Crippen LogP contribution in [-0.2, 0) is 0 Å². The number of para-hydroxylation sites is 3. The summed E-state index contributed by atoms with van der Waals surface area (Å²) < 4.78 is 4.74. The highest BCUT2D eigenvalue weighted by molar-refractivity contribution is 6.25. The summed E-state index contributed by atoms with van der Waals surface area (Å²) in [6.07, 6.45) is 0. The maximum Gasteiger partial charge on any atom is 0.145 e. The molecule has 0 unspecified atom stereocenters. The topological polar surface area (TPSA) is 22.2 Å². The zero-order chi connectivity index (χ0) is 34.2. The highest BCUT2D eigenvalue weighted by Crippen LogP contribution is 2.44. The number of nitrogens with zero attached hydrogens (tertiary/aromatic N) is 3. The third-order valence-electron chi connectivity index (χ3n) is 10.6. The van der Waals surface area contributed by atoms with Crippen molar-refractivity contribution in [3.05, 3.63) is 188 Å². The van der Waals surface area contributed by atoms with Crippen LogP contribution in [0.5, 0.6) is 0 Å². The van der Waals surface area contributed by atoms with Crippen molar-refractivity contribution in [3.63, 3.8) is 0 Å². The van der Waals surface area contributed by atoms with Crippen molar-refractivity contribution < 1.29 is 0 Å². The van der Waals surface area contributed by atoms with Gasteiger partial charge < -0.3 is 4.40 Å². The van der Waals surface area contributed by atoms with Crippen LogP contribution in [0.2, 0.25) is 0 Å². The smallest absolute Gasteiger partial charge is 0.145 e. The molecule has 0 amide bonds. The molecule has 3 heterocycles. The maximum atomic E-state index is 5.15. The van der Waals surface area contributed by atoms with Crippen LogP contribution < -0.4 is 0 Å². The molecule has 3 nitrogen and oxygen atoms in total. The van der Waals surface area contributed by atoms with E-state index >= 15 is 0 Å². The van der Waals surface area contributed by atoms with E-state index in [9.17, 15) is 0 Å². The van der Waals surface area contributed by atoms with Gasteiger partial charge in [0.25, 0.3) is 0 Å². The van der Waals surface area contributed by atoms with Gasteiger partial charge in [0.15, 0.2) is 0 Å². The molecule has 3 aromatic heterocycles. The second-order valence-electron chi connectivity index (χ2n) is 13.6. The van der Waals surface area contributed by atoms with E-state index in [1.54, 1.807) is 0 Å². The van der Waals surface area contributed by atoms with Crippen LogP contribution in [0.15, 0.2) is 188 Å². The molecule has 0 saturated carbocycles. The average Bonchev–Trinajstić information content (AvgIpc) is 3.88. The van der Waals surface area contributed by atoms with E-state index in [0.717, 1.165) is 33.7 Å². The van der Waals surface area contributed by atoms with Gasteiger partial charge in [-0.3, -0.25) is 4.57 Å². The highest BCUT2D eigenvalue weighted by Gasteiger charge is 2.21. The molecule has 0 N–H and O–H groups in total. The predicted molar refractivity (Wildman–Crippen MR) is 217 cm³/mol. The van der Waals surface area contributed by atoms with Crippen molar-refractivity contribution in [2.45, 2.75) is 0 Å². The van der Waals surface area contributed by atoms with E-state index in [2.05, 4.69) is 197 Å². The monoisotopic (exact) mass is 661 g/mol. The van der Waals surface area contributed by atoms with Crippen molar-refractivity contribution in [3.8, 4) is 50.5 Å². The number of hydrogen-bond acceptors (Lipinski definition) is 1. The quantitative estimate of drug-likeness (QED) is 0.180. The Labute approximate surface area is 300 Å². The van der Waals surface area contributed by atoms with Gasteiger partial charge in [-0.05, 0) is 100 Å². The van der Waals surface area contributed by atoms with Crippen molar-refractivity contribution >= 4 is 49.1 Å². The lowest BCUT2D eigenvalue weighted by molar-refractivity contribution is 1.10. The lowest BCUT2D eigenvalue weighted by Gasteiger charge is -2.11. The number of hydrogen-bond donors (Lipinski definition) is 0. The fourth-order valence-corrected chi connectivity index (χ4v) is 8.23. The number of rotatable bonds is 5. The van der Waals surface area contributed by atoms with Crippen LogP contribution in [0.1, 0.15) is 0 Å². The van der Waals surface area contributed by atoms with E-state index in [1.807, 2.05) is 0 Å². The first-order chi connectivity index (χ1) is 25.8. The minimum Gasteiger partial charge on any atom is -0.308 e. The number of fused-ring (bicyclic) bond motifs is 7. The maximum absolute atomic E-state index is 5.15. The van der Waals surface area contributed by atoms with Crippen molar-refractivity contribution in [1.29, 1.82) is 0 Å². The van der Waals surface area contributed by atoms with Gasteiger partial charge in [0.05, 0.1) is 27.6 Å². The number of imidazole rings is 1. The van der Waals surface area contributed by atoms with E-state index in [-0.39, 0.29) is 0 Å². The van der Waals surface area contributed by atoms with Gasteiger partial charge in [-0.15, -0.1) is 0 Å². The molecule has 0 aliphatic rings. The molecule has 0 saturated heterocycles. The fourth-order valence-electron chi connectivity index (χ4n) is 8.23. The SMILES string of the molecule is c1ccc(-c2ccc3c(c2)c2cc(-c4ccccc4)cc4c5cc(-c6cccc(-c7nc8ccccc8n7-c7ccccc7)c6)ccc5n3c24)cc1. The summed E-state index contributed by atoms with van der Waals surface area (Å²) in [4.78, 5) is 5.15. The summed E-state index contributed by atoms with van der Waals surface area (Å²) in [5.74, 6) is 0.935. The van der Waals surface area contributed by atoms with Gasteiger partial charge in [0.1, 0.15) is 5.82 Å². The van der Waals surface area contributed by atoms with Gasteiger partial charge in [0, 0.05) is 32.8 Å². The molecule has 11 aromatic rings. The molecule has 8 aromatic carbocycles. The van der Waals surface area contributed by atoms with Gasteiger partial charge in [-0.2, -0.15) is 0 Å². The summed E-state index contributed by atoms with van der Waals surface area (Å²) >= 11 is 0. The summed E-state index contributed by atoms with van der Waals surface area (Å²) in [6.45, 7) is 0. The number of aromatic nitrogens is 3. The zero-order valence-electron chi connectivity index (χ0n) is 28.2. The van der Waals surface area contributed by atoms with Crippen LogP contribution in [0, 0.1) is 0 Å². The van der Waals surface area contributed by atoms with E-state index in [0.29, 0.717) is 0 Å². The van der Waals surface area contributed by atoms with Crippen LogP contribution in [-0.4, -0.2) is 14.0 Å². The Morgan fingerprint density at radius 1 is 0.327 bits per heavy atom. The average molecular weight is 662 g/mol. The van der Waals surface area contributed by atoms with E-state index in [4.69, 9.17) is 4.98 Å². The fraction of sp³-hybridized carbons (Fsp3) is 0. The predicted octanol–water partition coefficient (Wildman–Crippen LogP) is 12.8. The molecule has 11 rings (SSSR count). The van der Waals surface area contributed by atoms with Crippen LogP contribution >= 0.6 is 0 Å². The first kappa shape index (κ1) is 28.8. The lowest BCUT2D eigenvalue weighted by Crippen LogP contribution is -1.97. The molecule has 0 bridgehead atoms. The normalized spacial score (nSPS) is 11.8. The van der Waals surface area contributed by atoms with Crippen LogP contribution in [0.25, 0.3) is 99.6 Å². The van der Waals surface area contributed by atoms with E-state index in [1.165, 1.54) is 65.9 Å². The van der Waals surface area contributed by atoms with Crippen molar-refractivity contribution in [2.75, 3.05) is 0 Å².